The van der Waals surface area contributed by atoms with Gasteiger partial charge < -0.3 is 15.4 Å². The van der Waals surface area contributed by atoms with Crippen molar-refractivity contribution in [1.82, 2.24) is 0 Å². The molecule has 0 bridgehead atoms. The Kier molecular flexibility index (Phi) is 7.51. The van der Waals surface area contributed by atoms with Crippen molar-refractivity contribution in [3.8, 4) is 5.75 Å². The van der Waals surface area contributed by atoms with E-state index in [0.717, 1.165) is 24.0 Å². The summed E-state index contributed by atoms with van der Waals surface area (Å²) in [6.45, 7) is 6.69. The maximum absolute atomic E-state index is 10.7. The normalized spacial score (nSPS) is 24.2. The number of aromatic hydroxyl groups is 1. The van der Waals surface area contributed by atoms with Gasteiger partial charge in [0.25, 0.3) is 0 Å². The molecule has 26 heavy (non-hydrogen) atoms. The average molecular weight is 362 g/mol. The van der Waals surface area contributed by atoms with E-state index < -0.39 is 0 Å². The van der Waals surface area contributed by atoms with E-state index in [1.807, 2.05) is 12.1 Å². The van der Waals surface area contributed by atoms with E-state index >= 15 is 0 Å². The standard InChI is InChI=1S/C22H35NO3/c1-4-5-6-7-12-22(2,3)17-9-11-19(21(25)13-17)20-14-18(24)10-8-16(20)15-23-26/h9,11,13,15-16,18,20,24-26H,4-8,10,12,14H2,1-3H3/b23-15-. The van der Waals surface area contributed by atoms with Crippen LogP contribution in [0.4, 0.5) is 0 Å². The molecule has 3 N–H and O–H groups in total. The van der Waals surface area contributed by atoms with Gasteiger partial charge in [-0.1, -0.05) is 58.6 Å². The predicted molar refractivity (Wildman–Crippen MR) is 106 cm³/mol. The van der Waals surface area contributed by atoms with Crippen molar-refractivity contribution in [3.05, 3.63) is 29.3 Å². The average Bonchev–Trinajstić information content (AvgIpc) is 2.60. The number of unbranched alkanes of at least 4 members (excludes halogenated alkanes) is 3. The van der Waals surface area contributed by atoms with E-state index in [2.05, 4.69) is 32.0 Å². The van der Waals surface area contributed by atoms with Crippen molar-refractivity contribution in [2.75, 3.05) is 0 Å². The number of phenols is 1. The van der Waals surface area contributed by atoms with Crippen LogP contribution < -0.4 is 0 Å². The predicted octanol–water partition coefficient (Wildman–Crippen LogP) is 5.34. The summed E-state index contributed by atoms with van der Waals surface area (Å²) in [5, 5.41) is 32.9. The maximum Gasteiger partial charge on any atom is 0.119 e. The lowest BCUT2D eigenvalue weighted by Gasteiger charge is -2.33. The smallest absolute Gasteiger partial charge is 0.119 e. The Morgan fingerprint density at radius 3 is 2.62 bits per heavy atom. The number of hydrogen-bond donors (Lipinski definition) is 3. The molecule has 0 heterocycles. The van der Waals surface area contributed by atoms with Gasteiger partial charge in [-0.2, -0.15) is 0 Å². The van der Waals surface area contributed by atoms with Crippen LogP contribution in [0.2, 0.25) is 0 Å². The molecule has 146 valence electrons. The first-order chi connectivity index (χ1) is 12.4. The van der Waals surface area contributed by atoms with Crippen LogP contribution in [0.1, 0.15) is 89.2 Å². The molecule has 3 atom stereocenters. The van der Waals surface area contributed by atoms with Crippen molar-refractivity contribution in [3.63, 3.8) is 0 Å². The molecular weight excluding hydrogens is 326 g/mol. The first-order valence-corrected chi connectivity index (χ1v) is 10.1. The first-order valence-electron chi connectivity index (χ1n) is 10.1. The van der Waals surface area contributed by atoms with Gasteiger partial charge in [0.15, 0.2) is 0 Å². The van der Waals surface area contributed by atoms with Gasteiger partial charge in [0, 0.05) is 12.1 Å². The highest BCUT2D eigenvalue weighted by molar-refractivity contribution is 5.63. The Hall–Kier alpha value is -1.55. The minimum Gasteiger partial charge on any atom is -0.508 e. The van der Waals surface area contributed by atoms with Crippen molar-refractivity contribution < 1.29 is 15.4 Å². The lowest BCUT2D eigenvalue weighted by atomic mass is 9.73. The molecule has 4 nitrogen and oxygen atoms in total. The SMILES string of the molecule is CCCCCCC(C)(C)c1ccc(C2CC(O)CCC2/C=N\O)c(O)c1. The molecule has 3 unspecified atom stereocenters. The number of rotatable bonds is 8. The van der Waals surface area contributed by atoms with Gasteiger partial charge in [-0.15, -0.1) is 5.16 Å². The van der Waals surface area contributed by atoms with E-state index in [-0.39, 0.29) is 23.4 Å². The van der Waals surface area contributed by atoms with Crippen LogP contribution in [0.15, 0.2) is 23.4 Å². The van der Waals surface area contributed by atoms with Crippen molar-refractivity contribution in [2.24, 2.45) is 11.1 Å². The molecule has 1 saturated carbocycles. The van der Waals surface area contributed by atoms with Crippen LogP contribution in [-0.2, 0) is 5.41 Å². The fourth-order valence-corrected chi connectivity index (χ4v) is 4.21. The fraction of sp³-hybridized carbons (Fsp3) is 0.682. The van der Waals surface area contributed by atoms with E-state index in [1.165, 1.54) is 25.7 Å². The molecule has 1 aromatic rings. The second-order valence-corrected chi connectivity index (χ2v) is 8.47. The summed E-state index contributed by atoms with van der Waals surface area (Å²) < 4.78 is 0. The second-order valence-electron chi connectivity index (χ2n) is 8.47. The summed E-state index contributed by atoms with van der Waals surface area (Å²) in [7, 11) is 0. The number of hydrogen-bond acceptors (Lipinski definition) is 4. The molecule has 0 spiro atoms. The van der Waals surface area contributed by atoms with Gasteiger partial charge in [0.1, 0.15) is 5.75 Å². The largest absolute Gasteiger partial charge is 0.508 e. The van der Waals surface area contributed by atoms with Crippen molar-refractivity contribution in [1.29, 1.82) is 0 Å². The third-order valence-corrected chi connectivity index (χ3v) is 6.00. The van der Waals surface area contributed by atoms with Crippen LogP contribution in [0, 0.1) is 5.92 Å². The van der Waals surface area contributed by atoms with Gasteiger partial charge in [-0.3, -0.25) is 0 Å². The van der Waals surface area contributed by atoms with Crippen LogP contribution in [0.25, 0.3) is 0 Å². The minimum atomic E-state index is -0.363. The summed E-state index contributed by atoms with van der Waals surface area (Å²) in [4.78, 5) is 0. The Morgan fingerprint density at radius 1 is 1.19 bits per heavy atom. The van der Waals surface area contributed by atoms with Gasteiger partial charge >= 0.3 is 0 Å². The quantitative estimate of drug-likeness (QED) is 0.253. The number of aliphatic hydroxyl groups is 1. The number of benzene rings is 1. The lowest BCUT2D eigenvalue weighted by molar-refractivity contribution is 0.108. The molecule has 0 aromatic heterocycles. The highest BCUT2D eigenvalue weighted by Gasteiger charge is 2.32. The summed E-state index contributed by atoms with van der Waals surface area (Å²) in [6, 6.07) is 6.01. The number of nitrogens with zero attached hydrogens (tertiary/aromatic N) is 1. The Balaban J connectivity index is 2.17. The summed E-state index contributed by atoms with van der Waals surface area (Å²) >= 11 is 0. The highest BCUT2D eigenvalue weighted by Crippen LogP contribution is 2.42. The lowest BCUT2D eigenvalue weighted by Crippen LogP contribution is -2.27. The van der Waals surface area contributed by atoms with E-state index in [4.69, 9.17) is 5.21 Å². The molecule has 1 aliphatic rings. The molecule has 1 aliphatic carbocycles. The number of aliphatic hydroxyl groups excluding tert-OH is 1. The van der Waals surface area contributed by atoms with E-state index in [9.17, 15) is 10.2 Å². The molecule has 0 radical (unpaired) electrons. The van der Waals surface area contributed by atoms with Crippen molar-refractivity contribution in [2.45, 2.75) is 89.6 Å². The topological polar surface area (TPSA) is 73.1 Å². The summed E-state index contributed by atoms with van der Waals surface area (Å²) in [5.41, 5.74) is 2.03. The minimum absolute atomic E-state index is 0.0173. The highest BCUT2D eigenvalue weighted by atomic mass is 16.4. The van der Waals surface area contributed by atoms with Gasteiger partial charge in [-0.05, 0) is 54.2 Å². The molecular formula is C22H35NO3. The molecule has 0 amide bonds. The first kappa shape index (κ1) is 20.8. The van der Waals surface area contributed by atoms with Crippen LogP contribution >= 0.6 is 0 Å². The molecule has 4 heteroatoms. The van der Waals surface area contributed by atoms with Gasteiger partial charge in [0.2, 0.25) is 0 Å². The molecule has 2 rings (SSSR count). The molecule has 1 aromatic carbocycles. The zero-order chi connectivity index (χ0) is 19.2. The fourth-order valence-electron chi connectivity index (χ4n) is 4.21. The van der Waals surface area contributed by atoms with Crippen LogP contribution in [0.3, 0.4) is 0 Å². The number of phenolic OH excluding ortho intramolecular Hbond substituents is 1. The second kappa shape index (κ2) is 9.40. The van der Waals surface area contributed by atoms with Gasteiger partial charge in [-0.25, -0.2) is 0 Å². The molecule has 0 saturated heterocycles. The van der Waals surface area contributed by atoms with Crippen molar-refractivity contribution >= 4 is 6.21 Å². The maximum atomic E-state index is 10.7. The Labute approximate surface area is 157 Å². The molecule has 1 fully saturated rings. The zero-order valence-electron chi connectivity index (χ0n) is 16.5. The van der Waals surface area contributed by atoms with Gasteiger partial charge in [0.05, 0.1) is 6.10 Å². The van der Waals surface area contributed by atoms with E-state index in [0.29, 0.717) is 18.6 Å². The third-order valence-electron chi connectivity index (χ3n) is 6.00. The third kappa shape index (κ3) is 5.23. The van der Waals surface area contributed by atoms with E-state index in [1.54, 1.807) is 6.21 Å². The van der Waals surface area contributed by atoms with Crippen LogP contribution in [-0.4, -0.2) is 27.7 Å². The van der Waals surface area contributed by atoms with Crippen LogP contribution in [0.5, 0.6) is 5.75 Å². The summed E-state index contributed by atoms with van der Waals surface area (Å²) in [5.74, 6) is 0.318. The number of oxime groups is 1. The Morgan fingerprint density at radius 2 is 1.96 bits per heavy atom. The summed E-state index contributed by atoms with van der Waals surface area (Å²) in [6.07, 6.45) is 9.31. The zero-order valence-corrected chi connectivity index (χ0v) is 16.5. The molecule has 0 aliphatic heterocycles. The Bertz CT molecular complexity index is 597. The monoisotopic (exact) mass is 361 g/mol.